The maximum absolute atomic E-state index is 13.0. The molecule has 0 N–H and O–H groups in total. The molecule has 3 aliphatic rings. The van der Waals surface area contributed by atoms with Gasteiger partial charge in [-0.25, -0.2) is 0 Å². The van der Waals surface area contributed by atoms with Gasteiger partial charge in [0.25, 0.3) is 0 Å². The fraction of sp³-hybridized carbons (Fsp3) is 0.950. The summed E-state index contributed by atoms with van der Waals surface area (Å²) in [6, 6.07) is 0.737. The molecule has 3 rings (SSSR count). The highest BCUT2D eigenvalue weighted by Gasteiger charge is 2.45. The van der Waals surface area contributed by atoms with E-state index in [1.807, 2.05) is 0 Å². The molecule has 1 aliphatic heterocycles. The monoisotopic (exact) mass is 305 g/mol. The van der Waals surface area contributed by atoms with Crippen LogP contribution in [0, 0.1) is 17.8 Å². The van der Waals surface area contributed by atoms with Crippen LogP contribution in [0.25, 0.3) is 0 Å². The van der Waals surface area contributed by atoms with Gasteiger partial charge in [-0.05, 0) is 37.6 Å². The Kier molecular flexibility index (Phi) is 5.95. The molecule has 3 unspecified atom stereocenters. The second-order valence-corrected chi connectivity index (χ2v) is 8.15. The third kappa shape index (κ3) is 3.75. The van der Waals surface area contributed by atoms with Crippen LogP contribution in [0.3, 0.4) is 0 Å². The highest BCUT2D eigenvalue weighted by atomic mass is 16.1. The van der Waals surface area contributed by atoms with Gasteiger partial charge in [-0.3, -0.25) is 9.69 Å². The normalized spacial score (nSPS) is 33.8. The van der Waals surface area contributed by atoms with E-state index in [-0.39, 0.29) is 0 Å². The average molecular weight is 306 g/mol. The van der Waals surface area contributed by atoms with Gasteiger partial charge >= 0.3 is 0 Å². The minimum Gasteiger partial charge on any atom is -0.299 e. The molecule has 2 saturated carbocycles. The molecule has 2 heteroatoms. The van der Waals surface area contributed by atoms with Crippen LogP contribution in [-0.2, 0) is 4.79 Å². The van der Waals surface area contributed by atoms with Crippen molar-refractivity contribution in [1.82, 2.24) is 4.90 Å². The van der Waals surface area contributed by atoms with Gasteiger partial charge in [0, 0.05) is 24.9 Å². The van der Waals surface area contributed by atoms with Crippen molar-refractivity contribution < 1.29 is 4.79 Å². The molecular weight excluding hydrogens is 270 g/mol. The first kappa shape index (κ1) is 16.5. The predicted molar refractivity (Wildman–Crippen MR) is 91.9 cm³/mol. The van der Waals surface area contributed by atoms with E-state index >= 15 is 0 Å². The number of fused-ring (bicyclic) bond motifs is 1. The van der Waals surface area contributed by atoms with Crippen molar-refractivity contribution >= 4 is 5.78 Å². The van der Waals surface area contributed by atoms with Crippen LogP contribution in [0.1, 0.15) is 84.0 Å². The fourth-order valence-electron chi connectivity index (χ4n) is 5.37. The van der Waals surface area contributed by atoms with Gasteiger partial charge in [-0.1, -0.05) is 58.3 Å². The van der Waals surface area contributed by atoms with Crippen LogP contribution in [0.2, 0.25) is 0 Å². The smallest absolute Gasteiger partial charge is 0.137 e. The first-order valence-corrected chi connectivity index (χ1v) is 10.1. The molecule has 3 atom stereocenters. The first-order valence-electron chi connectivity index (χ1n) is 10.1. The molecule has 1 heterocycles. The Bertz CT molecular complexity index is 361. The number of hydrogen-bond donors (Lipinski definition) is 0. The highest BCUT2D eigenvalue weighted by molar-refractivity contribution is 5.82. The number of likely N-dealkylation sites (tertiary alicyclic amines) is 1. The van der Waals surface area contributed by atoms with Gasteiger partial charge < -0.3 is 0 Å². The quantitative estimate of drug-likeness (QED) is 0.701. The Hall–Kier alpha value is -0.370. The Morgan fingerprint density at radius 1 is 1.00 bits per heavy atom. The Labute approximate surface area is 137 Å². The Morgan fingerprint density at radius 3 is 2.50 bits per heavy atom. The van der Waals surface area contributed by atoms with Crippen LogP contribution >= 0.6 is 0 Å². The SMILES string of the molecule is CCCCN1CC(C(=O)CC2CCCCC2)C2CCCCC21. The van der Waals surface area contributed by atoms with E-state index in [2.05, 4.69) is 11.8 Å². The lowest BCUT2D eigenvalue weighted by atomic mass is 9.75. The summed E-state index contributed by atoms with van der Waals surface area (Å²) in [6.45, 7) is 4.59. The minimum absolute atomic E-state index is 0.379. The van der Waals surface area contributed by atoms with Crippen LogP contribution in [-0.4, -0.2) is 29.8 Å². The van der Waals surface area contributed by atoms with Gasteiger partial charge in [0.15, 0.2) is 0 Å². The lowest BCUT2D eigenvalue weighted by molar-refractivity contribution is -0.125. The second kappa shape index (κ2) is 7.95. The molecule has 3 fully saturated rings. The summed E-state index contributed by atoms with van der Waals surface area (Å²) in [4.78, 5) is 15.7. The van der Waals surface area contributed by atoms with Crippen LogP contribution in [0.5, 0.6) is 0 Å². The molecule has 0 radical (unpaired) electrons. The van der Waals surface area contributed by atoms with E-state index in [4.69, 9.17) is 0 Å². The number of hydrogen-bond acceptors (Lipinski definition) is 2. The van der Waals surface area contributed by atoms with Crippen molar-refractivity contribution in [2.45, 2.75) is 90.0 Å². The fourth-order valence-corrected chi connectivity index (χ4v) is 5.37. The summed E-state index contributed by atoms with van der Waals surface area (Å²) < 4.78 is 0. The van der Waals surface area contributed by atoms with Crippen molar-refractivity contribution in [1.29, 1.82) is 0 Å². The highest BCUT2D eigenvalue weighted by Crippen LogP contribution is 2.41. The lowest BCUT2D eigenvalue weighted by Crippen LogP contribution is -2.35. The third-order valence-electron chi connectivity index (χ3n) is 6.63. The molecule has 22 heavy (non-hydrogen) atoms. The number of unbranched alkanes of at least 4 members (excludes halogenated alkanes) is 1. The number of rotatable bonds is 6. The van der Waals surface area contributed by atoms with Crippen LogP contribution in [0.15, 0.2) is 0 Å². The standard InChI is InChI=1S/C20H35NO/c1-2-3-13-21-15-18(17-11-7-8-12-19(17)21)20(22)14-16-9-5-4-6-10-16/h16-19H,2-15H2,1H3. The summed E-state index contributed by atoms with van der Waals surface area (Å²) in [5, 5.41) is 0. The molecule has 0 bridgehead atoms. The van der Waals surface area contributed by atoms with Crippen molar-refractivity contribution in [2.24, 2.45) is 17.8 Å². The molecule has 2 nitrogen and oxygen atoms in total. The van der Waals surface area contributed by atoms with E-state index in [0.717, 1.165) is 19.0 Å². The average Bonchev–Trinajstić information content (AvgIpc) is 2.93. The van der Waals surface area contributed by atoms with Crippen LogP contribution < -0.4 is 0 Å². The number of nitrogens with zero attached hydrogens (tertiary/aromatic N) is 1. The van der Waals surface area contributed by atoms with E-state index in [1.54, 1.807) is 0 Å². The molecule has 0 aromatic carbocycles. The van der Waals surface area contributed by atoms with Crippen molar-refractivity contribution in [3.05, 3.63) is 0 Å². The van der Waals surface area contributed by atoms with E-state index in [9.17, 15) is 4.79 Å². The second-order valence-electron chi connectivity index (χ2n) is 8.15. The molecular formula is C20H35NO. The molecule has 1 saturated heterocycles. The van der Waals surface area contributed by atoms with Crippen molar-refractivity contribution in [2.75, 3.05) is 13.1 Å². The topological polar surface area (TPSA) is 20.3 Å². The zero-order valence-electron chi connectivity index (χ0n) is 14.6. The molecule has 0 aromatic heterocycles. The third-order valence-corrected chi connectivity index (χ3v) is 6.63. The largest absolute Gasteiger partial charge is 0.299 e. The van der Waals surface area contributed by atoms with Crippen molar-refractivity contribution in [3.63, 3.8) is 0 Å². The first-order chi connectivity index (χ1) is 10.8. The maximum Gasteiger partial charge on any atom is 0.137 e. The summed E-state index contributed by atoms with van der Waals surface area (Å²) in [5.74, 6) is 2.42. The van der Waals surface area contributed by atoms with E-state index in [1.165, 1.54) is 77.2 Å². The summed E-state index contributed by atoms with van der Waals surface area (Å²) >= 11 is 0. The maximum atomic E-state index is 13.0. The number of carbonyl (C=O) groups is 1. The Morgan fingerprint density at radius 2 is 1.73 bits per heavy atom. The van der Waals surface area contributed by atoms with Gasteiger partial charge in [-0.2, -0.15) is 0 Å². The zero-order chi connectivity index (χ0) is 15.4. The molecule has 0 spiro atoms. The Balaban J connectivity index is 1.60. The zero-order valence-corrected chi connectivity index (χ0v) is 14.6. The van der Waals surface area contributed by atoms with Gasteiger partial charge in [0.05, 0.1) is 0 Å². The summed E-state index contributed by atoms with van der Waals surface area (Å²) in [5.41, 5.74) is 0. The number of carbonyl (C=O) groups excluding carboxylic acids is 1. The van der Waals surface area contributed by atoms with E-state index in [0.29, 0.717) is 23.5 Å². The predicted octanol–water partition coefficient (Wildman–Crippen LogP) is 4.82. The van der Waals surface area contributed by atoms with Gasteiger partial charge in [-0.15, -0.1) is 0 Å². The number of ketones is 1. The summed E-state index contributed by atoms with van der Waals surface area (Å²) in [7, 11) is 0. The van der Waals surface area contributed by atoms with Gasteiger partial charge in [0.1, 0.15) is 5.78 Å². The van der Waals surface area contributed by atoms with Gasteiger partial charge in [0.2, 0.25) is 0 Å². The lowest BCUT2D eigenvalue weighted by Gasteiger charge is -2.32. The molecule has 0 amide bonds. The molecule has 126 valence electrons. The molecule has 0 aromatic rings. The van der Waals surface area contributed by atoms with Crippen molar-refractivity contribution in [3.8, 4) is 0 Å². The van der Waals surface area contributed by atoms with Crippen LogP contribution in [0.4, 0.5) is 0 Å². The summed E-state index contributed by atoms with van der Waals surface area (Å²) in [6.07, 6.45) is 15.6. The molecule has 2 aliphatic carbocycles. The number of Topliss-reactive ketones (excluding diaryl/α,β-unsaturated/α-hetero) is 1. The van der Waals surface area contributed by atoms with E-state index < -0.39 is 0 Å². The minimum atomic E-state index is 0.379.